The second-order valence-electron chi connectivity index (χ2n) is 2.66. The molecule has 0 atom stereocenters. The van der Waals surface area contributed by atoms with Gasteiger partial charge >= 0.3 is 0 Å². The van der Waals surface area contributed by atoms with Crippen LogP contribution in [0.3, 0.4) is 0 Å². The van der Waals surface area contributed by atoms with Crippen molar-refractivity contribution in [3.8, 4) is 0 Å². The maximum Gasteiger partial charge on any atom is 0.240 e. The Kier molecular flexibility index (Phi) is 6.07. The number of carbonyl (C=O) groups is 2. The molecule has 1 aromatic rings. The zero-order valence-corrected chi connectivity index (χ0v) is 10.00. The van der Waals surface area contributed by atoms with E-state index in [1.165, 1.54) is 24.5 Å². The lowest BCUT2D eigenvalue weighted by molar-refractivity contribution is -0.115. The smallest absolute Gasteiger partial charge is 0.240 e. The summed E-state index contributed by atoms with van der Waals surface area (Å²) in [6, 6.07) is 0. The van der Waals surface area contributed by atoms with E-state index < -0.39 is 0 Å². The summed E-state index contributed by atoms with van der Waals surface area (Å²) in [5, 5.41) is 5.74. The van der Waals surface area contributed by atoms with Gasteiger partial charge in [-0.3, -0.25) is 9.59 Å². The number of hydrogen-bond donors (Lipinski definition) is 2. The molecule has 84 valence electrons. The molecule has 1 rings (SSSR count). The summed E-state index contributed by atoms with van der Waals surface area (Å²) in [5.74, 6) is -0.214. The number of Topliss-reactive ketones (excluding diaryl/α,β-unsaturated/α-hetero) is 1. The van der Waals surface area contributed by atoms with Crippen LogP contribution in [-0.2, 0) is 4.79 Å². The molecule has 1 amide bonds. The number of anilines is 1. The second kappa shape index (κ2) is 6.49. The van der Waals surface area contributed by atoms with Crippen LogP contribution in [0.2, 0.25) is 0 Å². The first-order valence-corrected chi connectivity index (χ1v) is 4.86. The Morgan fingerprint density at radius 2 is 2.20 bits per heavy atom. The highest BCUT2D eigenvalue weighted by Gasteiger charge is 2.07. The Bertz CT molecular complexity index is 353. The highest BCUT2D eigenvalue weighted by Crippen LogP contribution is 2.17. The van der Waals surface area contributed by atoms with Crippen LogP contribution in [0.25, 0.3) is 0 Å². The number of halogens is 1. The Balaban J connectivity index is 0.00000196. The first kappa shape index (κ1) is 14.0. The van der Waals surface area contributed by atoms with E-state index in [9.17, 15) is 9.59 Å². The van der Waals surface area contributed by atoms with Gasteiger partial charge in [0.05, 0.1) is 17.6 Å². The molecule has 5 nitrogen and oxygen atoms in total. The summed E-state index contributed by atoms with van der Waals surface area (Å²) in [6.45, 7) is 1.70. The van der Waals surface area contributed by atoms with Gasteiger partial charge < -0.3 is 10.6 Å². The number of amides is 1. The fourth-order valence-corrected chi connectivity index (χ4v) is 1.55. The third-order valence-corrected chi connectivity index (χ3v) is 2.45. The summed E-state index contributed by atoms with van der Waals surface area (Å²) in [4.78, 5) is 26.5. The van der Waals surface area contributed by atoms with Gasteiger partial charge in [-0.05, 0) is 7.05 Å². The molecule has 0 radical (unpaired) electrons. The van der Waals surface area contributed by atoms with Crippen molar-refractivity contribution in [2.24, 2.45) is 0 Å². The Labute approximate surface area is 97.7 Å². The van der Waals surface area contributed by atoms with Crippen molar-refractivity contribution in [3.63, 3.8) is 0 Å². The van der Waals surface area contributed by atoms with E-state index in [4.69, 9.17) is 0 Å². The van der Waals surface area contributed by atoms with Gasteiger partial charge in [0.1, 0.15) is 0 Å². The fourth-order valence-electron chi connectivity index (χ4n) is 0.819. The van der Waals surface area contributed by atoms with Crippen molar-refractivity contribution < 1.29 is 9.59 Å². The van der Waals surface area contributed by atoms with Crippen molar-refractivity contribution in [3.05, 3.63) is 11.1 Å². The SMILES string of the molecule is CNCC(=O)Nc1ncc(C(C)=O)s1.Cl. The molecule has 0 aliphatic heterocycles. The van der Waals surface area contributed by atoms with Crippen LogP contribution in [0.1, 0.15) is 16.6 Å². The van der Waals surface area contributed by atoms with Gasteiger partial charge in [-0.25, -0.2) is 4.98 Å². The first-order chi connectivity index (χ1) is 6.63. The number of rotatable bonds is 4. The van der Waals surface area contributed by atoms with Gasteiger partial charge in [0.15, 0.2) is 10.9 Å². The van der Waals surface area contributed by atoms with Crippen molar-refractivity contribution in [1.29, 1.82) is 0 Å². The van der Waals surface area contributed by atoms with E-state index in [1.54, 1.807) is 7.05 Å². The van der Waals surface area contributed by atoms with Gasteiger partial charge in [0.25, 0.3) is 0 Å². The maximum absolute atomic E-state index is 11.1. The maximum atomic E-state index is 11.1. The third-order valence-electron chi connectivity index (χ3n) is 1.44. The quantitative estimate of drug-likeness (QED) is 0.779. The lowest BCUT2D eigenvalue weighted by Crippen LogP contribution is -2.24. The van der Waals surface area contributed by atoms with Crippen molar-refractivity contribution in [1.82, 2.24) is 10.3 Å². The second-order valence-corrected chi connectivity index (χ2v) is 3.70. The number of carbonyl (C=O) groups excluding carboxylic acids is 2. The standard InChI is InChI=1S/C8H11N3O2S.ClH/c1-5(12)6-3-10-8(14-6)11-7(13)4-9-2;/h3,9H,4H2,1-2H3,(H,10,11,13);1H. The number of thiazole rings is 1. The zero-order valence-electron chi connectivity index (χ0n) is 8.36. The molecule has 0 aliphatic carbocycles. The van der Waals surface area contributed by atoms with Crippen LogP contribution in [0.4, 0.5) is 5.13 Å². The molecule has 1 heterocycles. The average Bonchev–Trinajstić information content (AvgIpc) is 2.53. The molecule has 15 heavy (non-hydrogen) atoms. The van der Waals surface area contributed by atoms with Crippen LogP contribution in [0.15, 0.2) is 6.20 Å². The summed E-state index contributed by atoms with van der Waals surface area (Å²) in [5.41, 5.74) is 0. The number of aromatic nitrogens is 1. The molecule has 0 saturated carbocycles. The molecule has 1 aromatic heterocycles. The molecule has 0 aliphatic rings. The largest absolute Gasteiger partial charge is 0.311 e. The van der Waals surface area contributed by atoms with Crippen molar-refractivity contribution >= 4 is 40.6 Å². The van der Waals surface area contributed by atoms with Crippen LogP contribution in [0, 0.1) is 0 Å². The Morgan fingerprint density at radius 1 is 1.53 bits per heavy atom. The van der Waals surface area contributed by atoms with E-state index in [0.29, 0.717) is 10.0 Å². The van der Waals surface area contributed by atoms with E-state index in [-0.39, 0.29) is 30.6 Å². The topological polar surface area (TPSA) is 71.1 Å². The number of nitrogens with one attached hydrogen (secondary N) is 2. The Hall–Kier alpha value is -0.980. The molecule has 0 unspecified atom stereocenters. The molecular weight excluding hydrogens is 238 g/mol. The van der Waals surface area contributed by atoms with Gasteiger partial charge in [-0.15, -0.1) is 12.4 Å². The van der Waals surface area contributed by atoms with E-state index in [2.05, 4.69) is 15.6 Å². The highest BCUT2D eigenvalue weighted by atomic mass is 35.5. The molecule has 0 saturated heterocycles. The van der Waals surface area contributed by atoms with Crippen molar-refractivity contribution in [2.75, 3.05) is 18.9 Å². The predicted octanol–water partition coefficient (Wildman–Crippen LogP) is 0.925. The van der Waals surface area contributed by atoms with E-state index in [0.717, 1.165) is 0 Å². The number of hydrogen-bond acceptors (Lipinski definition) is 5. The molecule has 0 bridgehead atoms. The van der Waals surface area contributed by atoms with Gasteiger partial charge in [0.2, 0.25) is 5.91 Å². The Morgan fingerprint density at radius 3 is 2.67 bits per heavy atom. The predicted molar refractivity (Wildman–Crippen MR) is 61.9 cm³/mol. The lowest BCUT2D eigenvalue weighted by atomic mass is 10.4. The summed E-state index contributed by atoms with van der Waals surface area (Å²) in [7, 11) is 1.68. The van der Waals surface area contributed by atoms with Gasteiger partial charge in [-0.2, -0.15) is 0 Å². The molecule has 0 fully saturated rings. The monoisotopic (exact) mass is 249 g/mol. The van der Waals surface area contributed by atoms with Crippen molar-refractivity contribution in [2.45, 2.75) is 6.92 Å². The highest BCUT2D eigenvalue weighted by molar-refractivity contribution is 7.17. The van der Waals surface area contributed by atoms with E-state index in [1.807, 2.05) is 0 Å². The summed E-state index contributed by atoms with van der Waals surface area (Å²) < 4.78 is 0. The summed E-state index contributed by atoms with van der Waals surface area (Å²) >= 11 is 1.17. The van der Waals surface area contributed by atoms with Crippen LogP contribution in [0.5, 0.6) is 0 Å². The minimum absolute atomic E-state index is 0. The number of likely N-dealkylation sites (N-methyl/N-ethyl adjacent to an activating group) is 1. The summed E-state index contributed by atoms with van der Waals surface area (Å²) in [6.07, 6.45) is 1.46. The normalized spacial score (nSPS) is 9.20. The van der Waals surface area contributed by atoms with E-state index >= 15 is 0 Å². The first-order valence-electron chi connectivity index (χ1n) is 4.04. The average molecular weight is 250 g/mol. The fraction of sp³-hybridized carbons (Fsp3) is 0.375. The molecule has 0 spiro atoms. The minimum Gasteiger partial charge on any atom is -0.311 e. The van der Waals surface area contributed by atoms with Crippen LogP contribution < -0.4 is 10.6 Å². The number of ketones is 1. The molecule has 0 aromatic carbocycles. The molecular formula is C8H12ClN3O2S. The zero-order chi connectivity index (χ0) is 10.6. The van der Waals surface area contributed by atoms with Crippen LogP contribution >= 0.6 is 23.7 Å². The molecule has 7 heteroatoms. The van der Waals surface area contributed by atoms with Gasteiger partial charge in [0, 0.05) is 6.92 Å². The lowest BCUT2D eigenvalue weighted by Gasteiger charge is -1.98. The van der Waals surface area contributed by atoms with Gasteiger partial charge in [-0.1, -0.05) is 11.3 Å². The third kappa shape index (κ3) is 4.37. The number of nitrogens with zero attached hydrogens (tertiary/aromatic N) is 1. The molecule has 2 N–H and O–H groups in total. The van der Waals surface area contributed by atoms with Crippen LogP contribution in [-0.4, -0.2) is 30.3 Å². The minimum atomic E-state index is -0.169.